The Kier molecular flexibility index (Phi) is 7.33. The highest BCUT2D eigenvalue weighted by Gasteiger charge is 2.26. The summed E-state index contributed by atoms with van der Waals surface area (Å²) in [6.45, 7) is 2.23. The predicted molar refractivity (Wildman–Crippen MR) is 136 cm³/mol. The number of ketones is 1. The molecule has 0 radical (unpaired) electrons. The Morgan fingerprint density at radius 2 is 1.29 bits per heavy atom. The number of nitrogens with zero attached hydrogens (tertiary/aromatic N) is 1. The molecule has 0 spiro atoms. The van der Waals surface area contributed by atoms with Crippen LogP contribution in [-0.2, 0) is 11.2 Å². The van der Waals surface area contributed by atoms with Crippen LogP contribution in [0.4, 0.5) is 0 Å². The standard InChI is InChI=1S/C27H23Br2NO/c28-25-10-4-8-21(16-25)14-23-18-30(13-12-20-6-2-1-3-7-20)19-24(27(23)31)15-22-9-5-11-26(29)17-22/h1-11,14-17H,12-13,18-19H2/b23-14-,24-15+. The van der Waals surface area contributed by atoms with Gasteiger partial charge in [0.05, 0.1) is 0 Å². The number of likely N-dealkylation sites (tertiary alicyclic amines) is 1. The molecule has 0 aromatic heterocycles. The zero-order valence-electron chi connectivity index (χ0n) is 17.1. The molecule has 1 aliphatic rings. The van der Waals surface area contributed by atoms with E-state index in [0.29, 0.717) is 13.1 Å². The summed E-state index contributed by atoms with van der Waals surface area (Å²) in [6.07, 6.45) is 5.01. The van der Waals surface area contributed by atoms with E-state index in [9.17, 15) is 4.79 Å². The lowest BCUT2D eigenvalue weighted by atomic mass is 9.94. The van der Waals surface area contributed by atoms with Crippen molar-refractivity contribution < 1.29 is 4.79 Å². The van der Waals surface area contributed by atoms with Crippen LogP contribution in [0, 0.1) is 0 Å². The van der Waals surface area contributed by atoms with E-state index in [2.05, 4.69) is 61.0 Å². The first-order valence-corrected chi connectivity index (χ1v) is 11.9. The lowest BCUT2D eigenvalue weighted by Crippen LogP contribution is -2.38. The average Bonchev–Trinajstić information content (AvgIpc) is 2.76. The summed E-state index contributed by atoms with van der Waals surface area (Å²) in [4.78, 5) is 15.7. The maximum absolute atomic E-state index is 13.3. The van der Waals surface area contributed by atoms with Crippen LogP contribution in [0.25, 0.3) is 12.2 Å². The lowest BCUT2D eigenvalue weighted by molar-refractivity contribution is -0.113. The molecule has 0 N–H and O–H groups in total. The SMILES string of the molecule is O=C1/C(=C\c2cccc(Br)c2)CN(CCc2ccccc2)C/C1=C\c1cccc(Br)c1. The van der Waals surface area contributed by atoms with E-state index in [1.807, 2.05) is 66.7 Å². The summed E-state index contributed by atoms with van der Waals surface area (Å²) in [5.74, 6) is 0.135. The summed E-state index contributed by atoms with van der Waals surface area (Å²) >= 11 is 7.05. The Balaban J connectivity index is 1.63. The minimum atomic E-state index is 0.135. The van der Waals surface area contributed by atoms with Gasteiger partial charge in [0.2, 0.25) is 0 Å². The first-order valence-electron chi connectivity index (χ1n) is 10.3. The van der Waals surface area contributed by atoms with E-state index >= 15 is 0 Å². The fourth-order valence-electron chi connectivity index (χ4n) is 3.80. The second kappa shape index (κ2) is 10.4. The maximum atomic E-state index is 13.3. The number of carbonyl (C=O) groups excluding carboxylic acids is 1. The van der Waals surface area contributed by atoms with E-state index < -0.39 is 0 Å². The van der Waals surface area contributed by atoms with Crippen molar-refractivity contribution in [3.05, 3.63) is 116 Å². The van der Waals surface area contributed by atoms with Gasteiger partial charge in [0, 0.05) is 39.7 Å². The molecule has 1 heterocycles. The summed E-state index contributed by atoms with van der Waals surface area (Å²) in [6, 6.07) is 26.6. The Hall–Kier alpha value is -2.27. The lowest BCUT2D eigenvalue weighted by Gasteiger charge is -2.30. The molecule has 0 amide bonds. The molecular weight excluding hydrogens is 514 g/mol. The molecule has 0 bridgehead atoms. The highest BCUT2D eigenvalue weighted by Crippen LogP contribution is 2.24. The van der Waals surface area contributed by atoms with Crippen molar-refractivity contribution in [1.29, 1.82) is 0 Å². The van der Waals surface area contributed by atoms with Crippen molar-refractivity contribution in [1.82, 2.24) is 4.90 Å². The van der Waals surface area contributed by atoms with Gasteiger partial charge < -0.3 is 0 Å². The Labute approximate surface area is 200 Å². The van der Waals surface area contributed by atoms with Gasteiger partial charge in [0.25, 0.3) is 0 Å². The number of hydrogen-bond donors (Lipinski definition) is 0. The fraction of sp³-hybridized carbons (Fsp3) is 0.148. The van der Waals surface area contributed by atoms with Crippen molar-refractivity contribution in [2.24, 2.45) is 0 Å². The predicted octanol–water partition coefficient (Wildman–Crippen LogP) is 6.81. The minimum absolute atomic E-state index is 0.135. The molecule has 0 atom stereocenters. The van der Waals surface area contributed by atoms with Gasteiger partial charge in [-0.3, -0.25) is 9.69 Å². The van der Waals surface area contributed by atoms with Crippen LogP contribution in [0.1, 0.15) is 16.7 Å². The number of hydrogen-bond acceptors (Lipinski definition) is 2. The summed E-state index contributed by atoms with van der Waals surface area (Å²) < 4.78 is 2.02. The zero-order chi connectivity index (χ0) is 21.6. The minimum Gasteiger partial charge on any atom is -0.294 e. The van der Waals surface area contributed by atoms with Crippen LogP contribution >= 0.6 is 31.9 Å². The van der Waals surface area contributed by atoms with Crippen molar-refractivity contribution in [2.75, 3.05) is 19.6 Å². The number of Topliss-reactive ketones (excluding diaryl/α,β-unsaturated/α-hetero) is 1. The molecule has 0 aliphatic carbocycles. The van der Waals surface area contributed by atoms with E-state index in [-0.39, 0.29) is 5.78 Å². The first-order chi connectivity index (χ1) is 15.1. The van der Waals surface area contributed by atoms with Crippen molar-refractivity contribution in [3.63, 3.8) is 0 Å². The molecule has 4 rings (SSSR count). The third kappa shape index (κ3) is 6.13. The van der Waals surface area contributed by atoms with E-state index in [1.165, 1.54) is 5.56 Å². The molecule has 3 aromatic carbocycles. The van der Waals surface area contributed by atoms with Crippen molar-refractivity contribution in [2.45, 2.75) is 6.42 Å². The summed E-state index contributed by atoms with van der Waals surface area (Å²) in [5.41, 5.74) is 5.04. The van der Waals surface area contributed by atoms with Crippen molar-refractivity contribution in [3.8, 4) is 0 Å². The molecule has 1 fully saturated rings. The Morgan fingerprint density at radius 1 is 0.742 bits per heavy atom. The van der Waals surface area contributed by atoms with E-state index in [0.717, 1.165) is 44.2 Å². The number of benzene rings is 3. The number of rotatable bonds is 5. The van der Waals surface area contributed by atoms with Gasteiger partial charge in [-0.05, 0) is 59.5 Å². The zero-order valence-corrected chi connectivity index (χ0v) is 20.3. The molecule has 31 heavy (non-hydrogen) atoms. The van der Waals surface area contributed by atoms with Gasteiger partial charge in [-0.2, -0.15) is 0 Å². The first kappa shape index (κ1) is 21.9. The summed E-state index contributed by atoms with van der Waals surface area (Å²) in [5, 5.41) is 0. The van der Waals surface area contributed by atoms with Gasteiger partial charge in [-0.15, -0.1) is 0 Å². The van der Waals surface area contributed by atoms with Crippen molar-refractivity contribution >= 4 is 49.8 Å². The van der Waals surface area contributed by atoms with Crippen LogP contribution < -0.4 is 0 Å². The molecular formula is C27H23Br2NO. The highest BCUT2D eigenvalue weighted by molar-refractivity contribution is 9.10. The quantitative estimate of drug-likeness (QED) is 0.334. The number of carbonyl (C=O) groups is 1. The average molecular weight is 537 g/mol. The smallest absolute Gasteiger partial charge is 0.187 e. The molecule has 0 saturated carbocycles. The van der Waals surface area contributed by atoms with E-state index in [4.69, 9.17) is 0 Å². The van der Waals surface area contributed by atoms with Gasteiger partial charge >= 0.3 is 0 Å². The molecule has 1 saturated heterocycles. The molecule has 0 unspecified atom stereocenters. The second-order valence-electron chi connectivity index (χ2n) is 7.72. The fourth-order valence-corrected chi connectivity index (χ4v) is 4.63. The monoisotopic (exact) mass is 535 g/mol. The summed E-state index contributed by atoms with van der Waals surface area (Å²) in [7, 11) is 0. The topological polar surface area (TPSA) is 20.3 Å². The highest BCUT2D eigenvalue weighted by atomic mass is 79.9. The van der Waals surface area contributed by atoms with Crippen LogP contribution in [0.15, 0.2) is 99.0 Å². The third-order valence-corrected chi connectivity index (χ3v) is 6.30. The van der Waals surface area contributed by atoms with Gasteiger partial charge in [-0.25, -0.2) is 0 Å². The largest absolute Gasteiger partial charge is 0.294 e. The molecule has 2 nitrogen and oxygen atoms in total. The molecule has 1 aliphatic heterocycles. The number of halogens is 2. The van der Waals surface area contributed by atoms with Crippen LogP contribution in [0.5, 0.6) is 0 Å². The molecule has 156 valence electrons. The van der Waals surface area contributed by atoms with Gasteiger partial charge in [0.15, 0.2) is 5.78 Å². The number of piperidine rings is 1. The van der Waals surface area contributed by atoms with E-state index in [1.54, 1.807) is 0 Å². The maximum Gasteiger partial charge on any atom is 0.187 e. The Bertz CT molecular complexity index is 1070. The van der Waals surface area contributed by atoms with Crippen LogP contribution in [-0.4, -0.2) is 30.3 Å². The third-order valence-electron chi connectivity index (χ3n) is 5.31. The Morgan fingerprint density at radius 3 is 1.81 bits per heavy atom. The normalized spacial score (nSPS) is 17.4. The van der Waals surface area contributed by atoms with Crippen LogP contribution in [0.3, 0.4) is 0 Å². The molecule has 4 heteroatoms. The molecule has 3 aromatic rings. The van der Waals surface area contributed by atoms with Gasteiger partial charge in [-0.1, -0.05) is 86.5 Å². The van der Waals surface area contributed by atoms with Crippen LogP contribution in [0.2, 0.25) is 0 Å². The van der Waals surface area contributed by atoms with Gasteiger partial charge in [0.1, 0.15) is 0 Å². The second-order valence-corrected chi connectivity index (χ2v) is 9.56.